The van der Waals surface area contributed by atoms with Crippen LogP contribution in [0.4, 0.5) is 0 Å². The molecule has 0 saturated carbocycles. The van der Waals surface area contributed by atoms with E-state index in [0.717, 1.165) is 5.56 Å². The van der Waals surface area contributed by atoms with Gasteiger partial charge in [-0.05, 0) is 11.1 Å². The summed E-state index contributed by atoms with van der Waals surface area (Å²) in [5.41, 5.74) is -1.73. The van der Waals surface area contributed by atoms with Crippen LogP contribution in [0.5, 0.6) is 0 Å². The van der Waals surface area contributed by atoms with Crippen molar-refractivity contribution in [3.63, 3.8) is 0 Å². The fraction of sp³-hybridized carbons (Fsp3) is 0.176. The molecule has 2 aromatic rings. The summed E-state index contributed by atoms with van der Waals surface area (Å²) >= 11 is 0. The second kappa shape index (κ2) is 7.43. The lowest BCUT2D eigenvalue weighted by Crippen LogP contribution is -2.48. The van der Waals surface area contributed by atoms with E-state index >= 15 is 0 Å². The minimum absolute atomic E-state index is 0.209. The molecular formula is C17H16N2O6. The number of hydrogen-bond acceptors (Lipinski definition) is 4. The normalized spacial score (nSPS) is 11.5. The maximum atomic E-state index is 11.2. The van der Waals surface area contributed by atoms with Crippen molar-refractivity contribution in [2.45, 2.75) is 13.0 Å². The van der Waals surface area contributed by atoms with Crippen molar-refractivity contribution < 1.29 is 29.7 Å². The van der Waals surface area contributed by atoms with Gasteiger partial charge >= 0.3 is 17.9 Å². The van der Waals surface area contributed by atoms with Gasteiger partial charge in [-0.3, -0.25) is 19.1 Å². The van der Waals surface area contributed by atoms with E-state index in [1.165, 1.54) is 17.1 Å². The number of carboxylic acids is 3. The molecule has 0 aliphatic heterocycles. The summed E-state index contributed by atoms with van der Waals surface area (Å²) < 4.78 is 1.46. The SMILES string of the molecule is O=C(O)C(Cc1cnn(CC=Cc2ccccc2)c1)(C(=O)O)C(=O)O. The summed E-state index contributed by atoms with van der Waals surface area (Å²) in [6, 6.07) is 9.54. The first-order chi connectivity index (χ1) is 11.9. The van der Waals surface area contributed by atoms with Gasteiger partial charge in [0.15, 0.2) is 0 Å². The van der Waals surface area contributed by atoms with Crippen molar-refractivity contribution in [3.8, 4) is 0 Å². The summed E-state index contributed by atoms with van der Waals surface area (Å²) in [5, 5.41) is 31.3. The maximum absolute atomic E-state index is 11.2. The van der Waals surface area contributed by atoms with Crippen LogP contribution in [-0.4, -0.2) is 43.0 Å². The Labute approximate surface area is 142 Å². The lowest BCUT2D eigenvalue weighted by molar-refractivity contribution is -0.175. The average Bonchev–Trinajstić information content (AvgIpc) is 3.00. The summed E-state index contributed by atoms with van der Waals surface area (Å²) in [6.07, 6.45) is 5.69. The third-order valence-corrected chi connectivity index (χ3v) is 3.65. The molecule has 0 radical (unpaired) electrons. The van der Waals surface area contributed by atoms with Gasteiger partial charge in [0.1, 0.15) is 0 Å². The number of nitrogens with zero attached hydrogens (tertiary/aromatic N) is 2. The Morgan fingerprint density at radius 3 is 2.20 bits per heavy atom. The largest absolute Gasteiger partial charge is 0.480 e. The molecule has 0 amide bonds. The lowest BCUT2D eigenvalue weighted by Gasteiger charge is -2.18. The molecule has 2 rings (SSSR count). The first kappa shape index (κ1) is 17.9. The highest BCUT2D eigenvalue weighted by atomic mass is 16.4. The van der Waals surface area contributed by atoms with Gasteiger partial charge in [-0.15, -0.1) is 0 Å². The molecule has 8 heteroatoms. The number of aliphatic carboxylic acids is 3. The summed E-state index contributed by atoms with van der Waals surface area (Å²) in [4.78, 5) is 33.7. The third kappa shape index (κ3) is 3.92. The van der Waals surface area contributed by atoms with E-state index in [2.05, 4.69) is 5.10 Å². The Morgan fingerprint density at radius 1 is 1.04 bits per heavy atom. The Morgan fingerprint density at radius 2 is 1.64 bits per heavy atom. The Bertz CT molecular complexity index is 774. The molecule has 1 aromatic heterocycles. The minimum Gasteiger partial charge on any atom is -0.480 e. The summed E-state index contributed by atoms with van der Waals surface area (Å²) in [6.45, 7) is 0.370. The van der Waals surface area contributed by atoms with E-state index in [-0.39, 0.29) is 5.56 Å². The molecule has 0 bridgehead atoms. The zero-order valence-electron chi connectivity index (χ0n) is 13.1. The van der Waals surface area contributed by atoms with Crippen molar-refractivity contribution >= 4 is 24.0 Å². The quantitative estimate of drug-likeness (QED) is 0.617. The molecule has 25 heavy (non-hydrogen) atoms. The van der Waals surface area contributed by atoms with Crippen LogP contribution in [0.1, 0.15) is 11.1 Å². The highest BCUT2D eigenvalue weighted by Gasteiger charge is 2.54. The highest BCUT2D eigenvalue weighted by Crippen LogP contribution is 2.25. The van der Waals surface area contributed by atoms with Crippen LogP contribution in [0.15, 0.2) is 48.8 Å². The number of benzene rings is 1. The Kier molecular flexibility index (Phi) is 5.33. The van der Waals surface area contributed by atoms with E-state index in [9.17, 15) is 14.4 Å². The first-order valence-corrected chi connectivity index (χ1v) is 7.29. The van der Waals surface area contributed by atoms with E-state index in [4.69, 9.17) is 15.3 Å². The van der Waals surface area contributed by atoms with Gasteiger partial charge in [-0.25, -0.2) is 0 Å². The fourth-order valence-corrected chi connectivity index (χ4v) is 2.27. The maximum Gasteiger partial charge on any atom is 0.333 e. The molecule has 0 spiro atoms. The van der Waals surface area contributed by atoms with Gasteiger partial charge in [0.05, 0.1) is 12.7 Å². The lowest BCUT2D eigenvalue weighted by atomic mass is 9.82. The molecule has 0 saturated heterocycles. The number of hydrogen-bond donors (Lipinski definition) is 3. The summed E-state index contributed by atoms with van der Waals surface area (Å²) in [5.74, 6) is -5.78. The van der Waals surface area contributed by atoms with Crippen LogP contribution in [0.3, 0.4) is 0 Å². The van der Waals surface area contributed by atoms with Crippen LogP contribution in [0, 0.1) is 5.41 Å². The van der Waals surface area contributed by atoms with Crippen molar-refractivity contribution in [1.82, 2.24) is 9.78 Å². The third-order valence-electron chi connectivity index (χ3n) is 3.65. The van der Waals surface area contributed by atoms with Crippen LogP contribution < -0.4 is 0 Å². The molecule has 8 nitrogen and oxygen atoms in total. The number of carboxylic acid groups (broad SMARTS) is 3. The van der Waals surface area contributed by atoms with E-state index < -0.39 is 29.7 Å². The number of carbonyl (C=O) groups is 3. The van der Waals surface area contributed by atoms with Crippen LogP contribution in [-0.2, 0) is 27.3 Å². The molecule has 1 aromatic carbocycles. The average molecular weight is 344 g/mol. The van der Waals surface area contributed by atoms with Crippen LogP contribution in [0.25, 0.3) is 6.08 Å². The highest BCUT2D eigenvalue weighted by molar-refractivity contribution is 6.16. The minimum atomic E-state index is -2.94. The van der Waals surface area contributed by atoms with Crippen LogP contribution in [0.2, 0.25) is 0 Å². The molecule has 1 heterocycles. The molecule has 130 valence electrons. The van der Waals surface area contributed by atoms with Gasteiger partial charge in [-0.2, -0.15) is 5.10 Å². The molecule has 0 unspecified atom stereocenters. The summed E-state index contributed by atoms with van der Waals surface area (Å²) in [7, 11) is 0. The predicted octanol–water partition coefficient (Wildman–Crippen LogP) is 1.38. The van der Waals surface area contributed by atoms with E-state index in [0.29, 0.717) is 6.54 Å². The Hall–Kier alpha value is -3.42. The van der Waals surface area contributed by atoms with Gasteiger partial charge in [0.25, 0.3) is 5.41 Å². The zero-order chi connectivity index (χ0) is 18.4. The van der Waals surface area contributed by atoms with Crippen molar-refractivity contribution in [2.24, 2.45) is 5.41 Å². The molecule has 0 atom stereocenters. The molecule has 3 N–H and O–H groups in total. The topological polar surface area (TPSA) is 130 Å². The first-order valence-electron chi connectivity index (χ1n) is 7.29. The molecular weight excluding hydrogens is 328 g/mol. The van der Waals surface area contributed by atoms with Crippen molar-refractivity contribution in [3.05, 3.63) is 59.9 Å². The van der Waals surface area contributed by atoms with Crippen LogP contribution >= 0.6 is 0 Å². The standard InChI is InChI=1S/C17H16N2O6/c20-14(21)17(15(22)23,16(24)25)9-13-10-18-19(11-13)8-4-7-12-5-2-1-3-6-12/h1-7,10-11H,8-9H2,(H,20,21)(H,22,23)(H,24,25). The monoisotopic (exact) mass is 344 g/mol. The van der Waals surface area contributed by atoms with Gasteiger partial charge in [0.2, 0.25) is 0 Å². The fourth-order valence-electron chi connectivity index (χ4n) is 2.27. The predicted molar refractivity (Wildman–Crippen MR) is 86.7 cm³/mol. The van der Waals surface area contributed by atoms with Gasteiger partial charge in [0, 0.05) is 12.6 Å². The van der Waals surface area contributed by atoms with Gasteiger partial charge < -0.3 is 15.3 Å². The Balaban J connectivity index is 2.12. The zero-order valence-corrected chi connectivity index (χ0v) is 13.1. The molecule has 0 fully saturated rings. The second-order valence-corrected chi connectivity index (χ2v) is 5.38. The number of rotatable bonds is 8. The smallest absolute Gasteiger partial charge is 0.333 e. The van der Waals surface area contributed by atoms with E-state index in [1.807, 2.05) is 42.5 Å². The second-order valence-electron chi connectivity index (χ2n) is 5.38. The van der Waals surface area contributed by atoms with Crippen molar-refractivity contribution in [1.29, 1.82) is 0 Å². The molecule has 0 aliphatic rings. The molecule has 0 aliphatic carbocycles. The van der Waals surface area contributed by atoms with Crippen molar-refractivity contribution in [2.75, 3.05) is 0 Å². The number of allylic oxidation sites excluding steroid dienone is 1. The van der Waals surface area contributed by atoms with Gasteiger partial charge in [-0.1, -0.05) is 42.5 Å². The number of aromatic nitrogens is 2. The van der Waals surface area contributed by atoms with E-state index in [1.54, 1.807) is 0 Å².